The first-order valence-electron chi connectivity index (χ1n) is 18.5. The van der Waals surface area contributed by atoms with Crippen LogP contribution in [0.15, 0.2) is 66.7 Å². The zero-order chi connectivity index (χ0) is 40.3. The number of carbonyl (C=O) groups excluding carboxylic acids is 1. The van der Waals surface area contributed by atoms with Gasteiger partial charge in [-0.1, -0.05) is 42.5 Å². The predicted octanol–water partition coefficient (Wildman–Crippen LogP) is 3.91. The van der Waals surface area contributed by atoms with E-state index in [2.05, 4.69) is 0 Å². The SMILES string of the molecule is COc1ccc([C@@H]2OC[C@@H]3C(c4ccc(O[C@H]5O[C@H](CN(C(=O)OC(C)(C)C)[C@@H](Cc6ccccc6)C(=O)O)[C@@H](O)[C@H](O)[C@H]5O)c(OC)c4)OC[C@@H]32)cc1OC. The van der Waals surface area contributed by atoms with Gasteiger partial charge >= 0.3 is 12.1 Å². The number of nitrogens with zero attached hydrogens (tertiary/aromatic N) is 1. The van der Waals surface area contributed by atoms with Gasteiger partial charge in [-0.25, -0.2) is 9.59 Å². The van der Waals surface area contributed by atoms with Crippen molar-refractivity contribution in [2.24, 2.45) is 11.8 Å². The summed E-state index contributed by atoms with van der Waals surface area (Å²) in [4.78, 5) is 27.1. The van der Waals surface area contributed by atoms with Gasteiger partial charge in [0.2, 0.25) is 6.29 Å². The van der Waals surface area contributed by atoms with Gasteiger partial charge in [-0.2, -0.15) is 0 Å². The van der Waals surface area contributed by atoms with Crippen LogP contribution in [-0.2, 0) is 30.2 Å². The van der Waals surface area contributed by atoms with E-state index in [-0.39, 0.29) is 42.0 Å². The summed E-state index contributed by atoms with van der Waals surface area (Å²) in [6, 6.07) is 18.2. The second kappa shape index (κ2) is 17.2. The van der Waals surface area contributed by atoms with E-state index in [0.717, 1.165) is 16.0 Å². The average Bonchev–Trinajstić information content (AvgIpc) is 3.79. The molecule has 56 heavy (non-hydrogen) atoms. The van der Waals surface area contributed by atoms with Gasteiger partial charge < -0.3 is 58.3 Å². The lowest BCUT2D eigenvalue weighted by atomic mass is 9.85. The van der Waals surface area contributed by atoms with E-state index in [9.17, 15) is 30.0 Å². The molecule has 0 aromatic heterocycles. The summed E-state index contributed by atoms with van der Waals surface area (Å²) in [6.45, 7) is 5.33. The molecule has 3 aromatic rings. The van der Waals surface area contributed by atoms with Crippen molar-refractivity contribution in [3.8, 4) is 23.0 Å². The van der Waals surface area contributed by atoms with Crippen molar-refractivity contribution in [3.63, 3.8) is 0 Å². The highest BCUT2D eigenvalue weighted by Crippen LogP contribution is 2.51. The van der Waals surface area contributed by atoms with Gasteiger partial charge in [0, 0.05) is 18.3 Å². The highest BCUT2D eigenvalue weighted by atomic mass is 16.7. The van der Waals surface area contributed by atoms with E-state index < -0.39 is 61.0 Å². The molecule has 0 aliphatic carbocycles. The zero-order valence-corrected chi connectivity index (χ0v) is 32.3. The molecule has 3 saturated heterocycles. The molecule has 0 bridgehead atoms. The quantitative estimate of drug-likeness (QED) is 0.195. The summed E-state index contributed by atoms with van der Waals surface area (Å²) in [5.41, 5.74) is 1.43. The van der Waals surface area contributed by atoms with Crippen LogP contribution < -0.4 is 18.9 Å². The molecule has 0 saturated carbocycles. The van der Waals surface area contributed by atoms with Crippen LogP contribution in [0, 0.1) is 11.8 Å². The first-order chi connectivity index (χ1) is 26.7. The Morgan fingerprint density at radius 3 is 1.86 bits per heavy atom. The fourth-order valence-corrected chi connectivity index (χ4v) is 7.52. The number of aliphatic hydroxyl groups is 3. The second-order valence-corrected chi connectivity index (χ2v) is 15.2. The van der Waals surface area contributed by atoms with Gasteiger partial charge in [-0.05, 0) is 61.7 Å². The molecule has 0 radical (unpaired) electrons. The predicted molar refractivity (Wildman–Crippen MR) is 199 cm³/mol. The molecule has 1 unspecified atom stereocenters. The van der Waals surface area contributed by atoms with Crippen molar-refractivity contribution in [2.75, 3.05) is 41.1 Å². The summed E-state index contributed by atoms with van der Waals surface area (Å²) < 4.78 is 46.8. The number of aliphatic hydroxyl groups excluding tert-OH is 3. The van der Waals surface area contributed by atoms with E-state index in [1.807, 2.05) is 18.2 Å². The third kappa shape index (κ3) is 8.83. The Bertz CT molecular complexity index is 1820. The Kier molecular flexibility index (Phi) is 12.6. The minimum Gasteiger partial charge on any atom is -0.493 e. The van der Waals surface area contributed by atoms with Gasteiger partial charge in [0.15, 0.2) is 23.0 Å². The van der Waals surface area contributed by atoms with Crippen LogP contribution in [0.25, 0.3) is 0 Å². The Morgan fingerprint density at radius 2 is 1.32 bits per heavy atom. The first kappa shape index (κ1) is 41.0. The van der Waals surface area contributed by atoms with Crippen LogP contribution in [0.2, 0.25) is 0 Å². The number of ether oxygens (including phenoxy) is 8. The van der Waals surface area contributed by atoms with Crippen LogP contribution in [0.5, 0.6) is 23.0 Å². The molecule has 4 N–H and O–H groups in total. The van der Waals surface area contributed by atoms with Gasteiger partial charge in [-0.15, -0.1) is 0 Å². The van der Waals surface area contributed by atoms with Gasteiger partial charge in [-0.3, -0.25) is 4.90 Å². The second-order valence-electron chi connectivity index (χ2n) is 15.2. The van der Waals surface area contributed by atoms with Crippen LogP contribution >= 0.6 is 0 Å². The molecule has 15 heteroatoms. The first-order valence-corrected chi connectivity index (χ1v) is 18.5. The maximum absolute atomic E-state index is 13.5. The van der Waals surface area contributed by atoms with Gasteiger partial charge in [0.05, 0.1) is 53.3 Å². The zero-order valence-electron chi connectivity index (χ0n) is 32.3. The van der Waals surface area contributed by atoms with Crippen LogP contribution in [0.1, 0.15) is 49.7 Å². The third-order valence-electron chi connectivity index (χ3n) is 10.4. The number of benzene rings is 3. The monoisotopic (exact) mass is 781 g/mol. The lowest BCUT2D eigenvalue weighted by molar-refractivity contribution is -0.274. The van der Waals surface area contributed by atoms with Crippen molar-refractivity contribution >= 4 is 12.1 Å². The van der Waals surface area contributed by atoms with Gasteiger partial charge in [0.25, 0.3) is 0 Å². The van der Waals surface area contributed by atoms with Crippen LogP contribution in [-0.4, -0.2) is 121 Å². The molecular weight excluding hydrogens is 730 g/mol. The summed E-state index contributed by atoms with van der Waals surface area (Å²) in [5, 5.41) is 43.3. The summed E-state index contributed by atoms with van der Waals surface area (Å²) in [6.07, 6.45) is -9.78. The molecule has 15 nitrogen and oxygen atoms in total. The number of carboxylic acids is 1. The van der Waals surface area contributed by atoms with E-state index >= 15 is 0 Å². The fourth-order valence-electron chi connectivity index (χ4n) is 7.52. The van der Waals surface area contributed by atoms with Crippen molar-refractivity contribution in [2.45, 2.75) is 81.7 Å². The number of rotatable bonds is 13. The van der Waals surface area contributed by atoms with Crippen molar-refractivity contribution in [1.29, 1.82) is 0 Å². The summed E-state index contributed by atoms with van der Waals surface area (Å²) in [5.74, 6) is 0.463. The molecule has 3 fully saturated rings. The molecule has 10 atom stereocenters. The smallest absolute Gasteiger partial charge is 0.411 e. The van der Waals surface area contributed by atoms with E-state index in [1.165, 1.54) is 7.11 Å². The topological polar surface area (TPSA) is 192 Å². The molecule has 3 heterocycles. The Balaban J connectivity index is 1.19. The molecular formula is C41H51NO14. The number of hydrogen-bond acceptors (Lipinski definition) is 13. The average molecular weight is 782 g/mol. The Hall–Kier alpha value is -4.64. The van der Waals surface area contributed by atoms with Gasteiger partial charge in [0.1, 0.15) is 36.1 Å². The van der Waals surface area contributed by atoms with Crippen molar-refractivity contribution in [3.05, 3.63) is 83.4 Å². The highest BCUT2D eigenvalue weighted by molar-refractivity contribution is 5.80. The maximum atomic E-state index is 13.5. The highest BCUT2D eigenvalue weighted by Gasteiger charge is 2.50. The van der Waals surface area contributed by atoms with E-state index in [0.29, 0.717) is 30.3 Å². The normalized spacial score (nSPS) is 27.8. The Morgan fingerprint density at radius 1 is 0.768 bits per heavy atom. The lowest BCUT2D eigenvalue weighted by Crippen LogP contribution is -2.63. The number of fused-ring (bicyclic) bond motifs is 1. The maximum Gasteiger partial charge on any atom is 0.411 e. The molecule has 3 aliphatic rings. The lowest BCUT2D eigenvalue weighted by Gasteiger charge is -2.42. The molecule has 1 amide bonds. The van der Waals surface area contributed by atoms with Crippen LogP contribution in [0.3, 0.4) is 0 Å². The number of hydrogen-bond donors (Lipinski definition) is 4. The van der Waals surface area contributed by atoms with E-state index in [1.54, 1.807) is 83.5 Å². The van der Waals surface area contributed by atoms with Crippen LogP contribution in [0.4, 0.5) is 4.79 Å². The molecule has 3 aromatic carbocycles. The number of methoxy groups -OCH3 is 3. The van der Waals surface area contributed by atoms with Crippen molar-refractivity contribution < 1.29 is 67.9 Å². The molecule has 0 spiro atoms. The minimum absolute atomic E-state index is 0.0369. The molecule has 6 rings (SSSR count). The fraction of sp³-hybridized carbons (Fsp3) is 0.512. The number of aliphatic carboxylic acids is 1. The summed E-state index contributed by atoms with van der Waals surface area (Å²) >= 11 is 0. The third-order valence-corrected chi connectivity index (χ3v) is 10.4. The molecule has 3 aliphatic heterocycles. The van der Waals surface area contributed by atoms with Crippen molar-refractivity contribution in [1.82, 2.24) is 4.90 Å². The minimum atomic E-state index is -1.79. The Labute approximate surface area is 325 Å². The van der Waals surface area contributed by atoms with E-state index in [4.69, 9.17) is 37.9 Å². The standard InChI is InChI=1S/C41H51NO14/c1-41(2,3)56-40(48)42(27(38(46)47)16-22-10-8-7-9-11-22)19-32-33(43)34(44)35(45)39(55-32)54-29-15-13-24(18-31(29)51-6)37-26-21-52-36(25(26)20-53-37)23-12-14-28(49-4)30(17-23)50-5/h7-15,17-18,25-27,32-37,39,43-45H,16,19-21H2,1-6H3,(H,46,47)/t25-,26-,27-,32+,33+,34-,35+,36-,37?,39-/m0/s1. The molecule has 304 valence electrons. The number of carboxylic acid groups (broad SMARTS) is 1. The number of amides is 1. The summed E-state index contributed by atoms with van der Waals surface area (Å²) in [7, 11) is 4.63. The number of carbonyl (C=O) groups is 2. The largest absolute Gasteiger partial charge is 0.493 e.